The van der Waals surface area contributed by atoms with Gasteiger partial charge in [0.15, 0.2) is 9.84 Å². The van der Waals surface area contributed by atoms with Crippen LogP contribution >= 0.6 is 11.3 Å². The van der Waals surface area contributed by atoms with Crippen LogP contribution in [-0.2, 0) is 21.1 Å². The fraction of sp³-hybridized carbons (Fsp3) is 0.688. The van der Waals surface area contributed by atoms with Crippen molar-refractivity contribution in [3.05, 3.63) is 22.4 Å². The molecule has 8 heteroatoms. The largest absolute Gasteiger partial charge is 0.395 e. The van der Waals surface area contributed by atoms with Crippen molar-refractivity contribution in [1.82, 2.24) is 9.80 Å². The van der Waals surface area contributed by atoms with Crippen LogP contribution in [0.2, 0.25) is 0 Å². The van der Waals surface area contributed by atoms with E-state index in [1.165, 1.54) is 4.88 Å². The Morgan fingerprint density at radius 1 is 1.29 bits per heavy atom. The van der Waals surface area contributed by atoms with Crippen molar-refractivity contribution in [1.29, 1.82) is 0 Å². The highest BCUT2D eigenvalue weighted by molar-refractivity contribution is 7.91. The summed E-state index contributed by atoms with van der Waals surface area (Å²) in [6.07, 6.45) is 2.14. The fourth-order valence-corrected chi connectivity index (χ4v) is 6.52. The van der Waals surface area contributed by atoms with Gasteiger partial charge in [0.25, 0.3) is 0 Å². The van der Waals surface area contributed by atoms with Crippen LogP contribution < -0.4 is 0 Å². The third-order valence-electron chi connectivity index (χ3n) is 4.89. The van der Waals surface area contributed by atoms with Gasteiger partial charge in [-0.1, -0.05) is 6.07 Å². The fourth-order valence-electron chi connectivity index (χ4n) is 3.75. The Kier molecular flexibility index (Phi) is 5.59. The summed E-state index contributed by atoms with van der Waals surface area (Å²) in [6.45, 7) is 1.66. The molecule has 2 fully saturated rings. The van der Waals surface area contributed by atoms with Gasteiger partial charge in [-0.05, 0) is 24.3 Å². The molecular formula is C16H24N2O4S2. The predicted molar refractivity (Wildman–Crippen MR) is 93.9 cm³/mol. The molecule has 6 nitrogen and oxygen atoms in total. The summed E-state index contributed by atoms with van der Waals surface area (Å²) in [6, 6.07) is 3.65. The lowest BCUT2D eigenvalue weighted by Gasteiger charge is -2.43. The van der Waals surface area contributed by atoms with Crippen molar-refractivity contribution in [2.24, 2.45) is 0 Å². The van der Waals surface area contributed by atoms with Gasteiger partial charge in [0.2, 0.25) is 5.91 Å². The Balaban J connectivity index is 1.61. The molecule has 0 saturated carbocycles. The SMILES string of the molecule is O=C(CCCc1cccs1)N1CCN(CCO)C2CS(=O)(=O)CC21. The molecule has 3 heterocycles. The topological polar surface area (TPSA) is 77.9 Å². The Morgan fingerprint density at radius 3 is 2.79 bits per heavy atom. The van der Waals surface area contributed by atoms with E-state index in [1.54, 1.807) is 16.2 Å². The number of piperazine rings is 1. The number of carbonyl (C=O) groups excluding carboxylic acids is 1. The van der Waals surface area contributed by atoms with Crippen molar-refractivity contribution < 1.29 is 18.3 Å². The van der Waals surface area contributed by atoms with Gasteiger partial charge in [-0.2, -0.15) is 0 Å². The third kappa shape index (κ3) is 3.99. The molecule has 0 bridgehead atoms. The summed E-state index contributed by atoms with van der Waals surface area (Å²) in [7, 11) is -3.12. The smallest absolute Gasteiger partial charge is 0.222 e. The first-order valence-corrected chi connectivity index (χ1v) is 11.1. The van der Waals surface area contributed by atoms with Crippen LogP contribution in [0.5, 0.6) is 0 Å². The van der Waals surface area contributed by atoms with E-state index in [2.05, 4.69) is 6.07 Å². The third-order valence-corrected chi connectivity index (χ3v) is 7.53. The first-order chi connectivity index (χ1) is 11.5. The number of amides is 1. The minimum Gasteiger partial charge on any atom is -0.395 e. The standard InChI is InChI=1S/C16H24N2O4S2/c19-9-8-17-6-7-18(15-12-24(21,22)11-14(15)17)16(20)5-1-3-13-4-2-10-23-13/h2,4,10,14-15,19H,1,3,5-9,11-12H2. The summed E-state index contributed by atoms with van der Waals surface area (Å²) in [5.74, 6) is 0.203. The zero-order valence-electron chi connectivity index (χ0n) is 13.6. The van der Waals surface area contributed by atoms with Crippen LogP contribution in [0.25, 0.3) is 0 Å². The maximum Gasteiger partial charge on any atom is 0.222 e. The Hall–Kier alpha value is -0.960. The lowest BCUT2D eigenvalue weighted by Crippen LogP contribution is -2.61. The quantitative estimate of drug-likeness (QED) is 0.781. The van der Waals surface area contributed by atoms with Gasteiger partial charge in [0.05, 0.1) is 24.2 Å². The molecule has 1 N–H and O–H groups in total. The van der Waals surface area contributed by atoms with E-state index in [9.17, 15) is 18.3 Å². The molecule has 3 rings (SSSR count). The van der Waals surface area contributed by atoms with Crippen molar-refractivity contribution >= 4 is 27.1 Å². The summed E-state index contributed by atoms with van der Waals surface area (Å²) in [4.78, 5) is 17.7. The maximum atomic E-state index is 12.6. The minimum absolute atomic E-state index is 0.0119. The van der Waals surface area contributed by atoms with E-state index >= 15 is 0 Å². The van der Waals surface area contributed by atoms with Gasteiger partial charge in [-0.15, -0.1) is 11.3 Å². The molecule has 134 valence electrons. The van der Waals surface area contributed by atoms with Crippen LogP contribution in [0.1, 0.15) is 17.7 Å². The lowest BCUT2D eigenvalue weighted by atomic mass is 10.0. The van der Waals surface area contributed by atoms with Crippen molar-refractivity contribution in [2.75, 3.05) is 37.7 Å². The number of aryl methyl sites for hydroxylation is 1. The van der Waals surface area contributed by atoms with Crippen LogP contribution in [0, 0.1) is 0 Å². The number of sulfone groups is 1. The predicted octanol–water partition coefficient (Wildman–Crippen LogP) is 0.373. The number of β-amino-alcohol motifs (C(OH)–C–C–N with tert-alkyl or cyclic N) is 1. The maximum absolute atomic E-state index is 12.6. The zero-order valence-corrected chi connectivity index (χ0v) is 15.3. The average Bonchev–Trinajstić information content (AvgIpc) is 3.14. The molecule has 0 spiro atoms. The number of rotatable bonds is 6. The highest BCUT2D eigenvalue weighted by Gasteiger charge is 2.47. The Labute approximate surface area is 147 Å². The second-order valence-corrected chi connectivity index (χ2v) is 9.68. The molecular weight excluding hydrogens is 348 g/mol. The monoisotopic (exact) mass is 372 g/mol. The van der Waals surface area contributed by atoms with Crippen LogP contribution in [0.4, 0.5) is 0 Å². The molecule has 2 aliphatic heterocycles. The number of carbonyl (C=O) groups is 1. The number of aliphatic hydroxyl groups is 1. The van der Waals surface area contributed by atoms with Gasteiger partial charge in [-0.25, -0.2) is 8.42 Å². The van der Waals surface area contributed by atoms with Crippen LogP contribution in [-0.4, -0.2) is 79.1 Å². The highest BCUT2D eigenvalue weighted by atomic mass is 32.2. The number of aliphatic hydroxyl groups excluding tert-OH is 1. The number of nitrogens with zero attached hydrogens (tertiary/aromatic N) is 2. The normalized spacial score (nSPS) is 26.5. The van der Waals surface area contributed by atoms with Crippen molar-refractivity contribution in [2.45, 2.75) is 31.3 Å². The van der Waals surface area contributed by atoms with Gasteiger partial charge < -0.3 is 10.0 Å². The van der Waals surface area contributed by atoms with Gasteiger partial charge in [0, 0.05) is 37.0 Å². The Bertz CT molecular complexity index is 660. The van der Waals surface area contributed by atoms with Gasteiger partial charge in [-0.3, -0.25) is 9.69 Å². The first-order valence-electron chi connectivity index (χ1n) is 8.37. The molecule has 2 saturated heterocycles. The molecule has 1 amide bonds. The van der Waals surface area contributed by atoms with Crippen molar-refractivity contribution in [3.8, 4) is 0 Å². The van der Waals surface area contributed by atoms with Crippen LogP contribution in [0.15, 0.2) is 17.5 Å². The van der Waals surface area contributed by atoms with E-state index in [0.29, 0.717) is 26.1 Å². The second-order valence-electron chi connectivity index (χ2n) is 6.49. The molecule has 2 atom stereocenters. The summed E-state index contributed by atoms with van der Waals surface area (Å²) in [5, 5.41) is 11.2. The highest BCUT2D eigenvalue weighted by Crippen LogP contribution is 2.27. The average molecular weight is 373 g/mol. The van der Waals surface area contributed by atoms with E-state index in [0.717, 1.165) is 12.8 Å². The number of hydrogen-bond acceptors (Lipinski definition) is 6. The molecule has 24 heavy (non-hydrogen) atoms. The molecule has 2 unspecified atom stereocenters. The van der Waals surface area contributed by atoms with Crippen LogP contribution in [0.3, 0.4) is 0 Å². The first kappa shape index (κ1) is 17.8. The molecule has 1 aromatic heterocycles. The van der Waals surface area contributed by atoms with E-state index < -0.39 is 9.84 Å². The summed E-state index contributed by atoms with van der Waals surface area (Å²) >= 11 is 1.70. The number of hydrogen-bond donors (Lipinski definition) is 1. The summed E-state index contributed by atoms with van der Waals surface area (Å²) in [5.41, 5.74) is 0. The molecule has 0 radical (unpaired) electrons. The lowest BCUT2D eigenvalue weighted by molar-refractivity contribution is -0.137. The van der Waals surface area contributed by atoms with Gasteiger partial charge >= 0.3 is 0 Å². The number of thiophene rings is 1. The van der Waals surface area contributed by atoms with E-state index in [4.69, 9.17) is 0 Å². The molecule has 0 aliphatic carbocycles. The van der Waals surface area contributed by atoms with E-state index in [-0.39, 0.29) is 36.1 Å². The second kappa shape index (κ2) is 7.51. The minimum atomic E-state index is -3.12. The zero-order chi connectivity index (χ0) is 17.2. The molecule has 2 aliphatic rings. The van der Waals surface area contributed by atoms with E-state index in [1.807, 2.05) is 16.3 Å². The molecule has 1 aromatic rings. The van der Waals surface area contributed by atoms with Gasteiger partial charge in [0.1, 0.15) is 0 Å². The molecule has 0 aromatic carbocycles. The van der Waals surface area contributed by atoms with Crippen molar-refractivity contribution in [3.63, 3.8) is 0 Å². The Morgan fingerprint density at radius 2 is 2.08 bits per heavy atom. The summed E-state index contributed by atoms with van der Waals surface area (Å²) < 4.78 is 24.1. The number of fused-ring (bicyclic) bond motifs is 1.